The average molecular weight is 810 g/mol. The van der Waals surface area contributed by atoms with Crippen LogP contribution in [-0.2, 0) is 53.6 Å². The zero-order chi connectivity index (χ0) is 42.0. The van der Waals surface area contributed by atoms with E-state index in [4.69, 9.17) is 4.74 Å². The molecule has 6 heterocycles. The first-order chi connectivity index (χ1) is 29.4. The molecule has 0 atom stereocenters. The van der Waals surface area contributed by atoms with Crippen molar-refractivity contribution in [3.05, 3.63) is 181 Å². The summed E-state index contributed by atoms with van der Waals surface area (Å²) in [5.41, 5.74) is 5.67. The van der Waals surface area contributed by atoms with E-state index >= 15 is 0 Å². The minimum Gasteiger partial charge on any atom is -0.549 e. The lowest BCUT2D eigenvalue weighted by Gasteiger charge is -2.27. The number of carboxylic acid groups (broad SMARTS) is 1. The Morgan fingerprint density at radius 1 is 0.433 bits per heavy atom. The fourth-order valence-corrected chi connectivity index (χ4v) is 6.32. The molecular formula is C46H53N10O4-. The predicted molar refractivity (Wildman–Crippen MR) is 226 cm³/mol. The summed E-state index contributed by atoms with van der Waals surface area (Å²) in [6.45, 7) is 8.69. The van der Waals surface area contributed by atoms with E-state index in [0.29, 0.717) is 65.5 Å². The van der Waals surface area contributed by atoms with Crippen LogP contribution in [0.2, 0.25) is 0 Å². The van der Waals surface area contributed by atoms with Crippen LogP contribution in [-0.4, -0.2) is 107 Å². The molecule has 14 heteroatoms. The van der Waals surface area contributed by atoms with E-state index in [1.807, 2.05) is 133 Å². The van der Waals surface area contributed by atoms with Crippen molar-refractivity contribution in [2.24, 2.45) is 0 Å². The molecular weight excluding hydrogens is 757 g/mol. The number of hydrogen-bond donors (Lipinski definition) is 0. The summed E-state index contributed by atoms with van der Waals surface area (Å²) < 4.78 is 5.17. The lowest BCUT2D eigenvalue weighted by Crippen LogP contribution is -2.41. The Labute approximate surface area is 352 Å². The maximum absolute atomic E-state index is 12.2. The number of carbonyl (C=O) groups excluding carboxylic acids is 2. The van der Waals surface area contributed by atoms with Crippen molar-refractivity contribution in [1.82, 2.24) is 49.5 Å². The predicted octanol–water partition coefficient (Wildman–Crippen LogP) is 4.07. The maximum Gasteiger partial charge on any atom is 0.320 e. The Morgan fingerprint density at radius 2 is 0.700 bits per heavy atom. The van der Waals surface area contributed by atoms with E-state index in [-0.39, 0.29) is 19.1 Å². The lowest BCUT2D eigenvalue weighted by atomic mass is 10.2. The van der Waals surface area contributed by atoms with Crippen LogP contribution in [0.15, 0.2) is 146 Å². The van der Waals surface area contributed by atoms with Gasteiger partial charge in [-0.3, -0.25) is 54.3 Å². The molecule has 0 aromatic carbocycles. The topological polar surface area (TPSA) is 157 Å². The van der Waals surface area contributed by atoms with E-state index in [2.05, 4.69) is 44.6 Å². The van der Waals surface area contributed by atoms with Gasteiger partial charge in [0.1, 0.15) is 0 Å². The van der Waals surface area contributed by atoms with Crippen molar-refractivity contribution in [2.75, 3.05) is 45.9 Å². The summed E-state index contributed by atoms with van der Waals surface area (Å²) in [6, 6.07) is 35.0. The molecule has 0 unspecified atom stereocenters. The SMILES string of the molecule is CCOC(=O)CN(CCN(Cc1ccccn1)Cc1ccccn1)Cc1ccccn1.O=C([O-])CN(CCN(Cc1ccccn1)Cc1ccccn1)Cc1ccccn1. The molecule has 0 aliphatic heterocycles. The lowest BCUT2D eigenvalue weighted by molar-refractivity contribution is -0.306. The second-order valence-corrected chi connectivity index (χ2v) is 13.9. The normalized spacial score (nSPS) is 11.1. The van der Waals surface area contributed by atoms with Crippen LogP contribution in [0.4, 0.5) is 0 Å². The first-order valence-corrected chi connectivity index (χ1v) is 20.1. The number of nitrogens with zero attached hydrogens (tertiary/aromatic N) is 10. The van der Waals surface area contributed by atoms with E-state index in [9.17, 15) is 14.7 Å². The summed E-state index contributed by atoms with van der Waals surface area (Å²) in [7, 11) is 0. The van der Waals surface area contributed by atoms with Gasteiger partial charge in [-0.05, 0) is 79.7 Å². The standard InChI is InChI=1S/C24H29N5O2.C22H25N5O2/c1-2-31-24(30)20-29(19-23-11-5-8-14-27-23)16-15-28(17-21-9-3-6-12-25-21)18-22-10-4-7-13-26-22;28-22(29)18-27(17-21-9-3-6-12-25-21)14-13-26(15-19-7-1-4-10-23-19)16-20-8-2-5-11-24-20/h3-14H,2,15-20H2,1H3;1-12H,13-18H2,(H,28,29)/p-1. The van der Waals surface area contributed by atoms with Crippen molar-refractivity contribution in [3.63, 3.8) is 0 Å². The van der Waals surface area contributed by atoms with Crippen LogP contribution in [0.5, 0.6) is 0 Å². The Hall–Kier alpha value is -6.32. The summed E-state index contributed by atoms with van der Waals surface area (Å²) in [4.78, 5) is 58.3. The summed E-state index contributed by atoms with van der Waals surface area (Å²) in [5.74, 6) is -1.32. The Bertz CT molecular complexity index is 1970. The number of hydrogen-bond acceptors (Lipinski definition) is 14. The summed E-state index contributed by atoms with van der Waals surface area (Å²) >= 11 is 0. The highest BCUT2D eigenvalue weighted by atomic mass is 16.5. The molecule has 14 nitrogen and oxygen atoms in total. The van der Waals surface area contributed by atoms with Gasteiger partial charge in [-0.1, -0.05) is 36.4 Å². The molecule has 6 aromatic rings. The number of carboxylic acids is 1. The molecule has 6 rings (SSSR count). The number of aromatic nitrogens is 6. The van der Waals surface area contributed by atoms with Gasteiger partial charge in [0.2, 0.25) is 0 Å². The number of esters is 1. The van der Waals surface area contributed by atoms with E-state index in [1.165, 1.54) is 0 Å². The number of pyridine rings is 6. The van der Waals surface area contributed by atoms with Crippen molar-refractivity contribution in [2.45, 2.75) is 46.2 Å². The van der Waals surface area contributed by atoms with Crippen molar-refractivity contribution < 1.29 is 19.4 Å². The molecule has 0 aliphatic carbocycles. The number of ether oxygens (including phenoxy) is 1. The zero-order valence-corrected chi connectivity index (χ0v) is 34.2. The maximum atomic E-state index is 12.2. The third-order valence-electron chi connectivity index (χ3n) is 9.15. The number of rotatable bonds is 23. The van der Waals surface area contributed by atoms with Crippen LogP contribution in [0, 0.1) is 0 Å². The Balaban J connectivity index is 0.000000228. The molecule has 312 valence electrons. The minimum atomic E-state index is -1.10. The molecule has 0 bridgehead atoms. The van der Waals surface area contributed by atoms with Crippen LogP contribution in [0.3, 0.4) is 0 Å². The molecule has 0 radical (unpaired) electrons. The average Bonchev–Trinajstić information content (AvgIpc) is 3.27. The van der Waals surface area contributed by atoms with Crippen LogP contribution in [0.25, 0.3) is 0 Å². The Morgan fingerprint density at radius 3 is 0.950 bits per heavy atom. The summed E-state index contributed by atoms with van der Waals surface area (Å²) in [5, 5.41) is 11.2. The number of carbonyl (C=O) groups is 2. The highest BCUT2D eigenvalue weighted by Crippen LogP contribution is 2.11. The fraction of sp³-hybridized carbons (Fsp3) is 0.304. The fourth-order valence-electron chi connectivity index (χ4n) is 6.32. The minimum absolute atomic E-state index is 0.141. The highest BCUT2D eigenvalue weighted by Gasteiger charge is 2.17. The third-order valence-corrected chi connectivity index (χ3v) is 9.15. The molecule has 6 aromatic heterocycles. The quantitative estimate of drug-likeness (QED) is 0.0854. The molecule has 0 saturated carbocycles. The van der Waals surface area contributed by atoms with Crippen molar-refractivity contribution in [1.29, 1.82) is 0 Å². The molecule has 0 amide bonds. The van der Waals surface area contributed by atoms with Crippen molar-refractivity contribution >= 4 is 11.9 Å². The van der Waals surface area contributed by atoms with Gasteiger partial charge in [0.25, 0.3) is 0 Å². The largest absolute Gasteiger partial charge is 0.549 e. The van der Waals surface area contributed by atoms with Gasteiger partial charge in [0.15, 0.2) is 0 Å². The van der Waals surface area contributed by atoms with Crippen LogP contribution in [0.1, 0.15) is 41.1 Å². The zero-order valence-electron chi connectivity index (χ0n) is 34.2. The molecule has 0 saturated heterocycles. The first kappa shape index (κ1) is 44.8. The van der Waals surface area contributed by atoms with Gasteiger partial charge in [-0.25, -0.2) is 0 Å². The molecule has 0 fully saturated rings. The number of aliphatic carboxylic acids is 1. The smallest absolute Gasteiger partial charge is 0.320 e. The second kappa shape index (κ2) is 25.9. The Kier molecular flexibility index (Phi) is 19.3. The van der Waals surface area contributed by atoms with Crippen LogP contribution >= 0.6 is 0 Å². The van der Waals surface area contributed by atoms with E-state index in [1.54, 1.807) is 24.8 Å². The van der Waals surface area contributed by atoms with E-state index < -0.39 is 5.97 Å². The van der Waals surface area contributed by atoms with Crippen molar-refractivity contribution in [3.8, 4) is 0 Å². The summed E-state index contributed by atoms with van der Waals surface area (Å²) in [6.07, 6.45) is 10.6. The van der Waals surface area contributed by atoms with Gasteiger partial charge in [-0.2, -0.15) is 0 Å². The van der Waals surface area contributed by atoms with E-state index in [0.717, 1.165) is 40.7 Å². The molecule has 0 N–H and O–H groups in total. The van der Waals surface area contributed by atoms with Gasteiger partial charge in [-0.15, -0.1) is 0 Å². The molecule has 0 spiro atoms. The monoisotopic (exact) mass is 809 g/mol. The van der Waals surface area contributed by atoms with Crippen LogP contribution < -0.4 is 5.11 Å². The molecule has 0 aliphatic rings. The van der Waals surface area contributed by atoms with Gasteiger partial charge >= 0.3 is 5.97 Å². The van der Waals surface area contributed by atoms with Gasteiger partial charge in [0.05, 0.1) is 53.3 Å². The third kappa shape index (κ3) is 17.7. The van der Waals surface area contributed by atoms with Gasteiger partial charge < -0.3 is 14.6 Å². The second-order valence-electron chi connectivity index (χ2n) is 13.9. The van der Waals surface area contributed by atoms with Gasteiger partial charge in [0, 0.05) is 109 Å². The molecule has 60 heavy (non-hydrogen) atoms. The highest BCUT2D eigenvalue weighted by molar-refractivity contribution is 5.71. The first-order valence-electron chi connectivity index (χ1n) is 20.1.